The minimum atomic E-state index is -0.694. The van der Waals surface area contributed by atoms with Crippen LogP contribution in [0.2, 0.25) is 0 Å². The second-order valence-corrected chi connectivity index (χ2v) is 7.60. The predicted molar refractivity (Wildman–Crippen MR) is 112 cm³/mol. The van der Waals surface area contributed by atoms with E-state index in [2.05, 4.69) is 9.97 Å². The first-order valence-corrected chi connectivity index (χ1v) is 10.2. The number of rotatable bonds is 6. The van der Waals surface area contributed by atoms with Gasteiger partial charge < -0.3 is 9.15 Å². The molecule has 152 valence electrons. The predicted octanol–water partition coefficient (Wildman–Crippen LogP) is 4.55. The number of aryl methyl sites for hydroxylation is 2. The van der Waals surface area contributed by atoms with Gasteiger partial charge in [0, 0.05) is 34.1 Å². The van der Waals surface area contributed by atoms with Gasteiger partial charge in [-0.05, 0) is 39.0 Å². The largest absolute Gasteiger partial charge is 0.452 e. The summed E-state index contributed by atoms with van der Waals surface area (Å²) < 4.78 is 12.7. The SMILES string of the molecule is Cc1oc(-c2ccccc2)nc1C(=O)OCC(=O)c1cc(C)n(-c2nccs2)c1C. The second-order valence-electron chi connectivity index (χ2n) is 6.72. The lowest BCUT2D eigenvalue weighted by molar-refractivity contribution is 0.0467. The molecule has 0 saturated carbocycles. The number of nitrogens with zero attached hydrogens (tertiary/aromatic N) is 3. The standard InChI is InChI=1S/C22H19N3O4S/c1-13-11-17(14(2)25(13)22-23-9-10-30-22)18(26)12-28-21(27)19-15(3)29-20(24-19)16-7-5-4-6-8-16/h4-11H,12H2,1-3H3. The molecule has 0 aliphatic carbocycles. The number of thiazole rings is 1. The van der Waals surface area contributed by atoms with Crippen molar-refractivity contribution in [1.29, 1.82) is 0 Å². The fraction of sp³-hybridized carbons (Fsp3) is 0.182. The molecule has 8 heteroatoms. The summed E-state index contributed by atoms with van der Waals surface area (Å²) in [5.41, 5.74) is 2.96. The topological polar surface area (TPSA) is 87.2 Å². The molecule has 0 amide bonds. The zero-order valence-corrected chi connectivity index (χ0v) is 17.5. The molecule has 0 aliphatic rings. The van der Waals surface area contributed by atoms with Gasteiger partial charge in [0.05, 0.1) is 0 Å². The van der Waals surface area contributed by atoms with Crippen LogP contribution in [-0.2, 0) is 4.74 Å². The third-order valence-electron chi connectivity index (χ3n) is 4.69. The van der Waals surface area contributed by atoms with Crippen LogP contribution in [-0.4, -0.2) is 32.9 Å². The van der Waals surface area contributed by atoms with E-state index in [1.54, 1.807) is 19.2 Å². The molecule has 0 unspecified atom stereocenters. The maximum atomic E-state index is 12.7. The smallest absolute Gasteiger partial charge is 0.361 e. The molecule has 1 aromatic carbocycles. The summed E-state index contributed by atoms with van der Waals surface area (Å²) >= 11 is 1.48. The Morgan fingerprint density at radius 3 is 2.63 bits per heavy atom. The first-order chi connectivity index (χ1) is 14.5. The third kappa shape index (κ3) is 3.69. The average Bonchev–Trinajstić information content (AvgIpc) is 3.46. The van der Waals surface area contributed by atoms with Crippen LogP contribution < -0.4 is 0 Å². The average molecular weight is 421 g/mol. The van der Waals surface area contributed by atoms with Gasteiger partial charge in [-0.2, -0.15) is 0 Å². The number of oxazole rings is 1. The van der Waals surface area contributed by atoms with Crippen LogP contribution in [0.1, 0.15) is 38.0 Å². The van der Waals surface area contributed by atoms with Gasteiger partial charge in [-0.1, -0.05) is 18.2 Å². The summed E-state index contributed by atoms with van der Waals surface area (Å²) in [7, 11) is 0. The second kappa shape index (κ2) is 8.08. The fourth-order valence-electron chi connectivity index (χ4n) is 3.23. The number of esters is 1. The Labute approximate surface area is 177 Å². The van der Waals surface area contributed by atoms with Gasteiger partial charge in [-0.15, -0.1) is 11.3 Å². The van der Waals surface area contributed by atoms with Crippen molar-refractivity contribution in [2.75, 3.05) is 6.61 Å². The normalized spacial score (nSPS) is 10.9. The zero-order valence-electron chi connectivity index (χ0n) is 16.7. The lowest BCUT2D eigenvalue weighted by Gasteiger charge is -2.06. The van der Waals surface area contributed by atoms with Crippen LogP contribution in [0.25, 0.3) is 16.6 Å². The molecule has 3 aromatic heterocycles. The molecule has 3 heterocycles. The van der Waals surface area contributed by atoms with E-state index in [1.165, 1.54) is 11.3 Å². The van der Waals surface area contributed by atoms with Gasteiger partial charge in [-0.25, -0.2) is 14.8 Å². The van der Waals surface area contributed by atoms with Crippen LogP contribution in [0.4, 0.5) is 0 Å². The Balaban J connectivity index is 1.48. The summed E-state index contributed by atoms with van der Waals surface area (Å²) in [6.45, 7) is 5.01. The van der Waals surface area contributed by atoms with E-state index in [1.807, 2.05) is 54.1 Å². The van der Waals surface area contributed by atoms with Crippen molar-refractivity contribution in [2.45, 2.75) is 20.8 Å². The van der Waals surface area contributed by atoms with Crippen molar-refractivity contribution in [2.24, 2.45) is 0 Å². The highest BCUT2D eigenvalue weighted by molar-refractivity contribution is 7.12. The highest BCUT2D eigenvalue weighted by Gasteiger charge is 2.23. The maximum Gasteiger partial charge on any atom is 0.361 e. The van der Waals surface area contributed by atoms with Crippen LogP contribution >= 0.6 is 11.3 Å². The number of aromatic nitrogens is 3. The van der Waals surface area contributed by atoms with E-state index in [0.29, 0.717) is 17.2 Å². The van der Waals surface area contributed by atoms with Gasteiger partial charge in [0.15, 0.2) is 17.4 Å². The van der Waals surface area contributed by atoms with Crippen LogP contribution in [0, 0.1) is 20.8 Å². The molecule has 0 radical (unpaired) electrons. The minimum Gasteiger partial charge on any atom is -0.452 e. The van der Waals surface area contributed by atoms with Gasteiger partial charge in [0.25, 0.3) is 0 Å². The highest BCUT2D eigenvalue weighted by atomic mass is 32.1. The van der Waals surface area contributed by atoms with Crippen molar-refractivity contribution in [1.82, 2.24) is 14.5 Å². The van der Waals surface area contributed by atoms with Crippen molar-refractivity contribution < 1.29 is 18.7 Å². The van der Waals surface area contributed by atoms with E-state index < -0.39 is 5.97 Å². The van der Waals surface area contributed by atoms with E-state index >= 15 is 0 Å². The molecule has 0 bridgehead atoms. The quantitative estimate of drug-likeness (QED) is 0.335. The van der Waals surface area contributed by atoms with Crippen molar-refractivity contribution in [3.63, 3.8) is 0 Å². The molecule has 30 heavy (non-hydrogen) atoms. The fourth-order valence-corrected chi connectivity index (χ4v) is 3.98. The van der Waals surface area contributed by atoms with E-state index in [-0.39, 0.29) is 18.1 Å². The first-order valence-electron chi connectivity index (χ1n) is 9.27. The van der Waals surface area contributed by atoms with Crippen LogP contribution in [0.15, 0.2) is 52.4 Å². The molecule has 0 atom stereocenters. The number of carbonyl (C=O) groups excluding carboxylic acids is 2. The molecule has 0 spiro atoms. The molecule has 4 rings (SSSR count). The Morgan fingerprint density at radius 2 is 1.93 bits per heavy atom. The number of hydrogen-bond acceptors (Lipinski definition) is 7. The van der Waals surface area contributed by atoms with E-state index in [4.69, 9.17) is 9.15 Å². The lowest BCUT2D eigenvalue weighted by atomic mass is 10.1. The highest BCUT2D eigenvalue weighted by Crippen LogP contribution is 2.24. The first kappa shape index (κ1) is 19.8. The summed E-state index contributed by atoms with van der Waals surface area (Å²) in [6.07, 6.45) is 1.71. The van der Waals surface area contributed by atoms with Gasteiger partial charge >= 0.3 is 5.97 Å². The van der Waals surface area contributed by atoms with Gasteiger partial charge in [0.1, 0.15) is 5.76 Å². The van der Waals surface area contributed by atoms with Crippen molar-refractivity contribution in [3.8, 4) is 16.6 Å². The molecule has 4 aromatic rings. The molecular formula is C22H19N3O4S. The summed E-state index contributed by atoms with van der Waals surface area (Å²) in [4.78, 5) is 33.7. The Bertz CT molecular complexity index is 1210. The van der Waals surface area contributed by atoms with Crippen molar-refractivity contribution in [3.05, 3.63) is 76.4 Å². The number of Topliss-reactive ketones (excluding diaryl/α,β-unsaturated/α-hetero) is 1. The molecular weight excluding hydrogens is 402 g/mol. The Hall–Kier alpha value is -3.52. The number of ether oxygens (including phenoxy) is 1. The van der Waals surface area contributed by atoms with Gasteiger partial charge in [-0.3, -0.25) is 9.36 Å². The Morgan fingerprint density at radius 1 is 1.17 bits per heavy atom. The van der Waals surface area contributed by atoms with Gasteiger partial charge in [0.2, 0.25) is 11.7 Å². The molecule has 0 N–H and O–H groups in total. The number of ketones is 1. The Kier molecular flexibility index (Phi) is 5.33. The number of carbonyl (C=O) groups is 2. The summed E-state index contributed by atoms with van der Waals surface area (Å²) in [5, 5.41) is 2.66. The monoisotopic (exact) mass is 421 g/mol. The summed E-state index contributed by atoms with van der Waals surface area (Å²) in [5.74, 6) is -0.309. The van der Waals surface area contributed by atoms with Crippen LogP contribution in [0.5, 0.6) is 0 Å². The molecule has 0 fully saturated rings. The van der Waals surface area contributed by atoms with Crippen LogP contribution in [0.3, 0.4) is 0 Å². The third-order valence-corrected chi connectivity index (χ3v) is 5.44. The minimum absolute atomic E-state index is 0.0647. The zero-order chi connectivity index (χ0) is 21.3. The summed E-state index contributed by atoms with van der Waals surface area (Å²) in [6, 6.07) is 11.0. The van der Waals surface area contributed by atoms with Crippen molar-refractivity contribution >= 4 is 23.1 Å². The molecule has 0 aliphatic heterocycles. The number of hydrogen-bond donors (Lipinski definition) is 0. The lowest BCUT2D eigenvalue weighted by Crippen LogP contribution is -2.16. The molecule has 7 nitrogen and oxygen atoms in total. The van der Waals surface area contributed by atoms with E-state index in [0.717, 1.165) is 22.1 Å². The number of benzene rings is 1. The van der Waals surface area contributed by atoms with E-state index in [9.17, 15) is 9.59 Å². The maximum absolute atomic E-state index is 12.7. The molecule has 0 saturated heterocycles.